The lowest BCUT2D eigenvalue weighted by molar-refractivity contribution is -0.116. The molecule has 1 amide bonds. The molecule has 0 bridgehead atoms. The number of anilines is 1. The summed E-state index contributed by atoms with van der Waals surface area (Å²) in [5, 5.41) is 2.70. The lowest BCUT2D eigenvalue weighted by Crippen LogP contribution is -2.23. The molecular weight excluding hydrogens is 264 g/mol. The van der Waals surface area contributed by atoms with Crippen molar-refractivity contribution in [2.45, 2.75) is 31.6 Å². The van der Waals surface area contributed by atoms with E-state index in [1.807, 2.05) is 6.92 Å². The van der Waals surface area contributed by atoms with Crippen molar-refractivity contribution in [2.75, 3.05) is 19.4 Å². The highest BCUT2D eigenvalue weighted by Gasteiger charge is 2.20. The first-order valence-electron chi connectivity index (χ1n) is 6.12. The minimum Gasteiger partial charge on any atom is -0.326 e. The number of nitrogens with zero attached hydrogens (tertiary/aromatic N) is 1. The molecule has 1 aromatic carbocycles. The largest absolute Gasteiger partial charge is 0.326 e. The molecule has 0 spiro atoms. The van der Waals surface area contributed by atoms with Crippen molar-refractivity contribution in [1.29, 1.82) is 0 Å². The fourth-order valence-electron chi connectivity index (χ4n) is 1.60. The lowest BCUT2D eigenvalue weighted by atomic mass is 10.2. The van der Waals surface area contributed by atoms with E-state index in [-0.39, 0.29) is 10.8 Å². The van der Waals surface area contributed by atoms with E-state index in [0.29, 0.717) is 17.7 Å². The maximum atomic E-state index is 12.1. The van der Waals surface area contributed by atoms with Gasteiger partial charge in [0.2, 0.25) is 15.9 Å². The molecule has 106 valence electrons. The number of benzene rings is 1. The minimum atomic E-state index is -3.50. The van der Waals surface area contributed by atoms with Crippen molar-refractivity contribution in [3.63, 3.8) is 0 Å². The average molecular weight is 284 g/mol. The van der Waals surface area contributed by atoms with Gasteiger partial charge in [0.25, 0.3) is 0 Å². The van der Waals surface area contributed by atoms with Crippen molar-refractivity contribution in [2.24, 2.45) is 0 Å². The van der Waals surface area contributed by atoms with Gasteiger partial charge in [0.1, 0.15) is 0 Å². The van der Waals surface area contributed by atoms with Gasteiger partial charge in [-0.05, 0) is 31.0 Å². The first-order chi connectivity index (χ1) is 8.78. The number of hydrogen-bond acceptors (Lipinski definition) is 3. The van der Waals surface area contributed by atoms with Crippen LogP contribution in [-0.4, -0.2) is 32.7 Å². The highest BCUT2D eigenvalue weighted by molar-refractivity contribution is 7.89. The second-order valence-electron chi connectivity index (χ2n) is 4.57. The van der Waals surface area contributed by atoms with Crippen LogP contribution in [0.1, 0.15) is 25.3 Å². The molecular formula is C13H20N2O3S. The molecule has 0 saturated heterocycles. The van der Waals surface area contributed by atoms with E-state index in [4.69, 9.17) is 0 Å². The fraction of sp³-hybridized carbons (Fsp3) is 0.462. The second kappa shape index (κ2) is 6.16. The predicted octanol–water partition coefficient (Wildman–Crippen LogP) is 1.98. The number of sulfonamides is 1. The van der Waals surface area contributed by atoms with Crippen molar-refractivity contribution in [1.82, 2.24) is 4.31 Å². The van der Waals surface area contributed by atoms with Gasteiger partial charge in [-0.2, -0.15) is 0 Å². The molecule has 0 aliphatic heterocycles. The summed E-state index contributed by atoms with van der Waals surface area (Å²) in [7, 11) is -0.530. The van der Waals surface area contributed by atoms with Crippen molar-refractivity contribution < 1.29 is 13.2 Å². The predicted molar refractivity (Wildman–Crippen MR) is 75.6 cm³/mol. The Kier molecular flexibility index (Phi) is 5.08. The zero-order chi connectivity index (χ0) is 14.6. The lowest BCUT2D eigenvalue weighted by Gasteiger charge is -2.15. The van der Waals surface area contributed by atoms with Gasteiger partial charge < -0.3 is 5.32 Å². The molecule has 1 N–H and O–H groups in total. The first-order valence-corrected chi connectivity index (χ1v) is 7.56. The number of hydrogen-bond donors (Lipinski definition) is 1. The summed E-state index contributed by atoms with van der Waals surface area (Å²) in [5.41, 5.74) is 1.16. The number of carbonyl (C=O) groups excluding carboxylic acids is 1. The summed E-state index contributed by atoms with van der Waals surface area (Å²) in [6, 6.07) is 4.90. The molecule has 0 aliphatic rings. The summed E-state index contributed by atoms with van der Waals surface area (Å²) >= 11 is 0. The monoisotopic (exact) mass is 284 g/mol. The third-order valence-corrected chi connectivity index (χ3v) is 4.66. The molecule has 1 aromatic rings. The second-order valence-corrected chi connectivity index (χ2v) is 6.69. The molecule has 0 heterocycles. The Labute approximate surface area is 114 Å². The molecule has 0 radical (unpaired) electrons. The minimum absolute atomic E-state index is 0.112. The molecule has 0 atom stereocenters. The number of nitrogens with one attached hydrogen (secondary N) is 1. The van der Waals surface area contributed by atoms with E-state index in [1.54, 1.807) is 19.1 Å². The van der Waals surface area contributed by atoms with Gasteiger partial charge in [-0.25, -0.2) is 12.7 Å². The Morgan fingerprint density at radius 1 is 1.32 bits per heavy atom. The van der Waals surface area contributed by atoms with Crippen LogP contribution in [0.5, 0.6) is 0 Å². The van der Waals surface area contributed by atoms with Crippen molar-refractivity contribution in [3.05, 3.63) is 23.8 Å². The van der Waals surface area contributed by atoms with Gasteiger partial charge in [0.15, 0.2) is 0 Å². The normalized spacial score (nSPS) is 11.6. The zero-order valence-electron chi connectivity index (χ0n) is 11.7. The average Bonchev–Trinajstić information content (AvgIpc) is 2.31. The van der Waals surface area contributed by atoms with E-state index in [9.17, 15) is 13.2 Å². The summed E-state index contributed by atoms with van der Waals surface area (Å²) in [6.45, 7) is 3.64. The Morgan fingerprint density at radius 2 is 1.95 bits per heavy atom. The molecule has 6 heteroatoms. The third kappa shape index (κ3) is 3.78. The van der Waals surface area contributed by atoms with Crippen LogP contribution >= 0.6 is 0 Å². The first kappa shape index (κ1) is 15.7. The number of rotatable bonds is 5. The van der Waals surface area contributed by atoms with Gasteiger partial charge >= 0.3 is 0 Å². The standard InChI is InChI=1S/C13H20N2O3S/c1-5-6-13(16)14-11-8-7-10(2)12(9-11)19(17,18)15(3)4/h7-9H,5-6H2,1-4H3,(H,14,16). The Hall–Kier alpha value is -1.40. The summed E-state index contributed by atoms with van der Waals surface area (Å²) < 4.78 is 25.4. The van der Waals surface area contributed by atoms with Crippen LogP contribution in [0.2, 0.25) is 0 Å². The SMILES string of the molecule is CCCC(=O)Nc1ccc(C)c(S(=O)(=O)N(C)C)c1. The molecule has 19 heavy (non-hydrogen) atoms. The van der Waals surface area contributed by atoms with Crippen LogP contribution in [0.4, 0.5) is 5.69 Å². The smallest absolute Gasteiger partial charge is 0.242 e. The molecule has 0 saturated carbocycles. The summed E-state index contributed by atoms with van der Waals surface area (Å²) in [5.74, 6) is -0.112. The van der Waals surface area contributed by atoms with E-state index in [2.05, 4.69) is 5.32 Å². The van der Waals surface area contributed by atoms with Crippen LogP contribution in [0.25, 0.3) is 0 Å². The summed E-state index contributed by atoms with van der Waals surface area (Å²) in [6.07, 6.45) is 1.17. The Balaban J connectivity index is 3.12. The van der Waals surface area contributed by atoms with Crippen LogP contribution in [-0.2, 0) is 14.8 Å². The van der Waals surface area contributed by atoms with E-state index < -0.39 is 10.0 Å². The summed E-state index contributed by atoms with van der Waals surface area (Å²) in [4.78, 5) is 11.7. The van der Waals surface area contributed by atoms with Crippen LogP contribution in [0.15, 0.2) is 23.1 Å². The fourth-order valence-corrected chi connectivity index (χ4v) is 2.75. The molecule has 0 fully saturated rings. The topological polar surface area (TPSA) is 66.5 Å². The van der Waals surface area contributed by atoms with Crippen molar-refractivity contribution >= 4 is 21.6 Å². The molecule has 5 nitrogen and oxygen atoms in total. The van der Waals surface area contributed by atoms with Crippen LogP contribution < -0.4 is 5.32 Å². The molecule has 0 aliphatic carbocycles. The van der Waals surface area contributed by atoms with Gasteiger partial charge in [-0.3, -0.25) is 4.79 Å². The van der Waals surface area contributed by atoms with Crippen molar-refractivity contribution in [3.8, 4) is 0 Å². The Morgan fingerprint density at radius 3 is 2.47 bits per heavy atom. The number of carbonyl (C=O) groups is 1. The van der Waals surface area contributed by atoms with E-state index in [0.717, 1.165) is 10.7 Å². The van der Waals surface area contributed by atoms with Gasteiger partial charge in [0, 0.05) is 26.2 Å². The molecule has 0 unspecified atom stereocenters. The quantitative estimate of drug-likeness (QED) is 0.899. The number of amides is 1. The Bertz CT molecular complexity index is 565. The third-order valence-electron chi connectivity index (χ3n) is 2.71. The highest BCUT2D eigenvalue weighted by Crippen LogP contribution is 2.22. The maximum absolute atomic E-state index is 12.1. The van der Waals surface area contributed by atoms with Gasteiger partial charge in [-0.15, -0.1) is 0 Å². The van der Waals surface area contributed by atoms with E-state index >= 15 is 0 Å². The number of aryl methyl sites for hydroxylation is 1. The van der Waals surface area contributed by atoms with E-state index in [1.165, 1.54) is 20.2 Å². The van der Waals surface area contributed by atoms with Gasteiger partial charge in [-0.1, -0.05) is 13.0 Å². The maximum Gasteiger partial charge on any atom is 0.242 e. The highest BCUT2D eigenvalue weighted by atomic mass is 32.2. The molecule has 1 rings (SSSR count). The van der Waals surface area contributed by atoms with Crippen LogP contribution in [0, 0.1) is 6.92 Å². The molecule has 0 aromatic heterocycles. The van der Waals surface area contributed by atoms with Crippen LogP contribution in [0.3, 0.4) is 0 Å². The van der Waals surface area contributed by atoms with Gasteiger partial charge in [0.05, 0.1) is 4.90 Å². The zero-order valence-corrected chi connectivity index (χ0v) is 12.5.